The molecule has 5 rings (SSSR count). The van der Waals surface area contributed by atoms with Gasteiger partial charge in [-0.2, -0.15) is 5.10 Å². The average Bonchev–Trinajstić information content (AvgIpc) is 3.51. The minimum atomic E-state index is -0.458. The lowest BCUT2D eigenvalue weighted by molar-refractivity contribution is 0.102. The predicted molar refractivity (Wildman–Crippen MR) is 123 cm³/mol. The molecule has 0 atom stereocenters. The SMILES string of the molecule is COc1ccc(F)cc1-c1cnccc1C(=O)Nc1nnc(C#Cc2ccc3nccn3n2)s1. The molecule has 1 aromatic carbocycles. The van der Waals surface area contributed by atoms with Crippen molar-refractivity contribution in [3.8, 4) is 28.7 Å². The van der Waals surface area contributed by atoms with Crippen molar-refractivity contribution in [1.82, 2.24) is 29.8 Å². The summed E-state index contributed by atoms with van der Waals surface area (Å²) in [4.78, 5) is 21.2. The average molecular weight is 471 g/mol. The van der Waals surface area contributed by atoms with E-state index in [0.717, 1.165) is 17.0 Å². The van der Waals surface area contributed by atoms with Gasteiger partial charge in [0.15, 0.2) is 10.7 Å². The van der Waals surface area contributed by atoms with Crippen molar-refractivity contribution in [2.75, 3.05) is 12.4 Å². The minimum absolute atomic E-state index is 0.265. The van der Waals surface area contributed by atoms with Crippen LogP contribution in [0, 0.1) is 17.7 Å². The number of carbonyl (C=O) groups is 1. The number of nitrogens with zero attached hydrogens (tertiary/aromatic N) is 6. The number of amides is 1. The smallest absolute Gasteiger partial charge is 0.258 e. The van der Waals surface area contributed by atoms with Gasteiger partial charge in [0.2, 0.25) is 5.13 Å². The molecule has 0 unspecified atom stereocenters. The fraction of sp³-hybridized carbons (Fsp3) is 0.0435. The van der Waals surface area contributed by atoms with E-state index in [1.807, 2.05) is 6.07 Å². The maximum Gasteiger partial charge on any atom is 0.258 e. The third kappa shape index (κ3) is 4.30. The molecule has 4 aromatic heterocycles. The molecule has 0 bridgehead atoms. The first kappa shape index (κ1) is 21.2. The number of hydrogen-bond donors (Lipinski definition) is 1. The van der Waals surface area contributed by atoms with E-state index in [9.17, 15) is 9.18 Å². The van der Waals surface area contributed by atoms with E-state index in [1.165, 1.54) is 43.8 Å². The van der Waals surface area contributed by atoms with Crippen molar-refractivity contribution in [2.24, 2.45) is 0 Å². The Hall–Kier alpha value is -4.69. The molecule has 0 aliphatic heterocycles. The van der Waals surface area contributed by atoms with E-state index in [4.69, 9.17) is 4.74 Å². The summed E-state index contributed by atoms with van der Waals surface area (Å²) in [6, 6.07) is 9.17. The molecule has 0 saturated heterocycles. The van der Waals surface area contributed by atoms with E-state index in [0.29, 0.717) is 27.6 Å². The Kier molecular flexibility index (Phi) is 5.63. The molecule has 0 saturated carbocycles. The lowest BCUT2D eigenvalue weighted by atomic mass is 10.0. The van der Waals surface area contributed by atoms with Crippen molar-refractivity contribution >= 4 is 28.0 Å². The molecular weight excluding hydrogens is 457 g/mol. The number of nitrogens with one attached hydrogen (secondary N) is 1. The monoisotopic (exact) mass is 471 g/mol. The normalized spacial score (nSPS) is 10.5. The van der Waals surface area contributed by atoms with Gasteiger partial charge in [-0.1, -0.05) is 11.3 Å². The summed E-state index contributed by atoms with van der Waals surface area (Å²) in [5.41, 5.74) is 2.36. The van der Waals surface area contributed by atoms with Crippen LogP contribution >= 0.6 is 11.3 Å². The van der Waals surface area contributed by atoms with E-state index < -0.39 is 11.7 Å². The number of anilines is 1. The van der Waals surface area contributed by atoms with E-state index in [1.54, 1.807) is 23.0 Å². The van der Waals surface area contributed by atoms with Gasteiger partial charge in [0, 0.05) is 35.9 Å². The number of aromatic nitrogens is 6. The summed E-state index contributed by atoms with van der Waals surface area (Å²) in [6.07, 6.45) is 6.34. The standard InChI is InChI=1S/C23H14FN7O2S/c1-33-19-5-2-14(24)12-17(19)18-13-25-9-8-16(18)22(32)27-23-29-28-21(34-23)7-4-15-3-6-20-26-10-11-31(20)30-15/h2-3,5-6,8-13H,1H3,(H,27,29,32). The Morgan fingerprint density at radius 1 is 1.12 bits per heavy atom. The molecule has 1 N–H and O–H groups in total. The molecule has 0 aliphatic carbocycles. The van der Waals surface area contributed by atoms with Crippen LogP contribution in [0.15, 0.2) is 61.2 Å². The number of imidazole rings is 1. The van der Waals surface area contributed by atoms with E-state index >= 15 is 0 Å². The quantitative estimate of drug-likeness (QED) is 0.400. The highest BCUT2D eigenvalue weighted by atomic mass is 32.1. The first-order valence-corrected chi connectivity index (χ1v) is 10.7. The van der Waals surface area contributed by atoms with Crippen LogP contribution in [-0.2, 0) is 0 Å². The molecule has 5 aromatic rings. The van der Waals surface area contributed by atoms with Crippen molar-refractivity contribution in [2.45, 2.75) is 0 Å². The Balaban J connectivity index is 1.37. The van der Waals surface area contributed by atoms with Gasteiger partial charge in [0.25, 0.3) is 5.91 Å². The molecule has 1 amide bonds. The molecule has 0 fully saturated rings. The number of rotatable bonds is 4. The van der Waals surface area contributed by atoms with Crippen LogP contribution in [0.2, 0.25) is 0 Å². The van der Waals surface area contributed by atoms with Crippen LogP contribution in [0.25, 0.3) is 16.8 Å². The van der Waals surface area contributed by atoms with Crippen LogP contribution < -0.4 is 10.1 Å². The largest absolute Gasteiger partial charge is 0.496 e. The first-order chi connectivity index (χ1) is 16.6. The maximum absolute atomic E-state index is 13.9. The molecule has 11 heteroatoms. The van der Waals surface area contributed by atoms with Gasteiger partial charge in [0.05, 0.1) is 12.7 Å². The summed E-state index contributed by atoms with van der Waals surface area (Å²) < 4.78 is 20.8. The lowest BCUT2D eigenvalue weighted by Gasteiger charge is -2.12. The molecule has 9 nitrogen and oxygen atoms in total. The highest BCUT2D eigenvalue weighted by Gasteiger charge is 2.18. The zero-order chi connectivity index (χ0) is 23.5. The van der Waals surface area contributed by atoms with Crippen molar-refractivity contribution in [3.63, 3.8) is 0 Å². The number of hydrogen-bond acceptors (Lipinski definition) is 8. The molecule has 34 heavy (non-hydrogen) atoms. The van der Waals surface area contributed by atoms with Crippen molar-refractivity contribution in [3.05, 3.63) is 83.3 Å². The van der Waals surface area contributed by atoms with Crippen LogP contribution in [0.3, 0.4) is 0 Å². The molecule has 0 spiro atoms. The number of pyridine rings is 1. The zero-order valence-corrected chi connectivity index (χ0v) is 18.4. The van der Waals surface area contributed by atoms with Gasteiger partial charge in [-0.3, -0.25) is 15.1 Å². The second-order valence-electron chi connectivity index (χ2n) is 6.83. The molecular formula is C23H14FN7O2S. The summed E-state index contributed by atoms with van der Waals surface area (Å²) in [5.74, 6) is 5.31. The van der Waals surface area contributed by atoms with Gasteiger partial charge in [-0.15, -0.1) is 10.2 Å². The number of halogens is 1. The van der Waals surface area contributed by atoms with E-state index in [2.05, 4.69) is 42.4 Å². The van der Waals surface area contributed by atoms with Crippen molar-refractivity contribution in [1.29, 1.82) is 0 Å². The van der Waals surface area contributed by atoms with Gasteiger partial charge in [-0.05, 0) is 48.2 Å². The summed E-state index contributed by atoms with van der Waals surface area (Å²) in [7, 11) is 1.47. The lowest BCUT2D eigenvalue weighted by Crippen LogP contribution is -2.13. The van der Waals surface area contributed by atoms with Gasteiger partial charge in [0.1, 0.15) is 17.3 Å². The third-order valence-electron chi connectivity index (χ3n) is 4.72. The number of benzene rings is 1. The Bertz CT molecular complexity index is 1590. The van der Waals surface area contributed by atoms with Gasteiger partial charge in [-0.25, -0.2) is 13.9 Å². The molecule has 0 radical (unpaired) electrons. The van der Waals surface area contributed by atoms with Crippen molar-refractivity contribution < 1.29 is 13.9 Å². The second kappa shape index (κ2) is 9.05. The van der Waals surface area contributed by atoms with Crippen LogP contribution in [0.1, 0.15) is 21.1 Å². The first-order valence-electron chi connectivity index (χ1n) is 9.86. The Labute approximate surface area is 196 Å². The molecule has 0 aliphatic rings. The highest BCUT2D eigenvalue weighted by molar-refractivity contribution is 7.15. The summed E-state index contributed by atoms with van der Waals surface area (Å²) >= 11 is 1.12. The second-order valence-corrected chi connectivity index (χ2v) is 7.81. The Morgan fingerprint density at radius 3 is 2.91 bits per heavy atom. The molecule has 166 valence electrons. The maximum atomic E-state index is 13.9. The zero-order valence-electron chi connectivity index (χ0n) is 17.6. The number of methoxy groups -OCH3 is 1. The molecule has 4 heterocycles. The third-order valence-corrected chi connectivity index (χ3v) is 5.47. The highest BCUT2D eigenvalue weighted by Crippen LogP contribution is 2.33. The predicted octanol–water partition coefficient (Wildman–Crippen LogP) is 3.44. The van der Waals surface area contributed by atoms with Crippen LogP contribution in [-0.4, -0.2) is 42.8 Å². The fourth-order valence-electron chi connectivity index (χ4n) is 3.19. The van der Waals surface area contributed by atoms with Gasteiger partial charge < -0.3 is 4.74 Å². The van der Waals surface area contributed by atoms with E-state index in [-0.39, 0.29) is 10.7 Å². The topological polar surface area (TPSA) is 107 Å². The number of fused-ring (bicyclic) bond motifs is 1. The number of ether oxygens (including phenoxy) is 1. The minimum Gasteiger partial charge on any atom is -0.496 e. The Morgan fingerprint density at radius 2 is 2.03 bits per heavy atom. The summed E-state index contributed by atoms with van der Waals surface area (Å²) in [5, 5.41) is 15.7. The fourth-order valence-corrected chi connectivity index (χ4v) is 3.78. The van der Waals surface area contributed by atoms with Crippen LogP contribution in [0.5, 0.6) is 5.75 Å². The van der Waals surface area contributed by atoms with Gasteiger partial charge >= 0.3 is 0 Å². The summed E-state index contributed by atoms with van der Waals surface area (Å²) in [6.45, 7) is 0. The van der Waals surface area contributed by atoms with Crippen LogP contribution in [0.4, 0.5) is 9.52 Å². The number of carbonyl (C=O) groups excluding carboxylic acids is 1.